The normalized spacial score (nSPS) is 18.9. The third kappa shape index (κ3) is 3.97. The molecule has 0 N–H and O–H groups in total. The fraction of sp³-hybridized carbons (Fsp3) is 0.917. The quantitative estimate of drug-likeness (QED) is 0.678. The van der Waals surface area contributed by atoms with Crippen molar-refractivity contribution in [1.29, 1.82) is 0 Å². The first-order chi connectivity index (χ1) is 6.91. The summed E-state index contributed by atoms with van der Waals surface area (Å²) >= 11 is 0. The summed E-state index contributed by atoms with van der Waals surface area (Å²) in [7, 11) is 0.559. The largest absolute Gasteiger partial charge is 0.373 e. The van der Waals surface area contributed by atoms with Crippen molar-refractivity contribution in [2.75, 3.05) is 7.05 Å². The molecule has 0 aromatic carbocycles. The van der Waals surface area contributed by atoms with E-state index in [-0.39, 0.29) is 0 Å². The second-order valence-corrected chi connectivity index (χ2v) is 10.8. The minimum absolute atomic E-state index is 0.376. The van der Waals surface area contributed by atoms with Gasteiger partial charge in [0.25, 0.3) is 0 Å². The van der Waals surface area contributed by atoms with Crippen LogP contribution in [0, 0.1) is 5.92 Å². The maximum absolute atomic E-state index is 12.0. The Kier molecular flexibility index (Phi) is 4.38. The van der Waals surface area contributed by atoms with E-state index in [4.69, 9.17) is 0 Å². The van der Waals surface area contributed by atoms with Gasteiger partial charge in [0.1, 0.15) is 0 Å². The molecule has 0 unspecified atom stereocenters. The van der Waals surface area contributed by atoms with Crippen molar-refractivity contribution < 1.29 is 4.79 Å². The fourth-order valence-corrected chi connectivity index (χ4v) is 2.99. The van der Waals surface area contributed by atoms with Gasteiger partial charge in [-0.25, -0.2) is 0 Å². The number of hydrogen-bond donors (Lipinski definition) is 0. The topological polar surface area (TPSA) is 20.3 Å². The van der Waals surface area contributed by atoms with Gasteiger partial charge in [-0.3, -0.25) is 4.79 Å². The Bertz CT molecular complexity index is 216. The zero-order valence-corrected chi connectivity index (χ0v) is 11.7. The van der Waals surface area contributed by atoms with Crippen molar-refractivity contribution >= 4 is 14.1 Å². The molecular weight excluding hydrogens is 202 g/mol. The lowest BCUT2D eigenvalue weighted by Gasteiger charge is -2.32. The molecule has 15 heavy (non-hydrogen) atoms. The van der Waals surface area contributed by atoms with E-state index in [1.54, 1.807) is 0 Å². The predicted molar refractivity (Wildman–Crippen MR) is 67.3 cm³/mol. The lowest BCUT2D eigenvalue weighted by Crippen LogP contribution is -2.47. The van der Waals surface area contributed by atoms with E-state index in [9.17, 15) is 4.79 Å². The van der Waals surface area contributed by atoms with Crippen LogP contribution in [0.3, 0.4) is 0 Å². The van der Waals surface area contributed by atoms with Gasteiger partial charge in [-0.15, -0.1) is 0 Å². The van der Waals surface area contributed by atoms with Crippen molar-refractivity contribution in [3.05, 3.63) is 0 Å². The highest BCUT2D eigenvalue weighted by molar-refractivity contribution is 6.75. The van der Waals surface area contributed by atoms with Crippen LogP contribution in [0.4, 0.5) is 0 Å². The van der Waals surface area contributed by atoms with Crippen LogP contribution in [0.5, 0.6) is 0 Å². The predicted octanol–water partition coefficient (Wildman–Crippen LogP) is 3.25. The van der Waals surface area contributed by atoms with Crippen LogP contribution in [-0.4, -0.2) is 25.8 Å². The molecular formula is C12H25NOSi. The maximum Gasteiger partial charge on any atom is 0.214 e. The van der Waals surface area contributed by atoms with Gasteiger partial charge in [0.05, 0.1) is 0 Å². The summed E-state index contributed by atoms with van der Waals surface area (Å²) in [6, 6.07) is 0. The number of nitrogens with zero attached hydrogens (tertiary/aromatic N) is 1. The van der Waals surface area contributed by atoms with Gasteiger partial charge in [0.15, 0.2) is 8.24 Å². The summed E-state index contributed by atoms with van der Waals surface area (Å²) in [4.78, 5) is 12.0. The Morgan fingerprint density at radius 2 is 1.73 bits per heavy atom. The first kappa shape index (κ1) is 12.8. The number of carbonyl (C=O) groups excluding carboxylic acids is 1. The Morgan fingerprint density at radius 3 is 2.20 bits per heavy atom. The molecule has 1 saturated carbocycles. The molecule has 0 saturated heterocycles. The van der Waals surface area contributed by atoms with Crippen molar-refractivity contribution in [2.45, 2.75) is 58.2 Å². The molecule has 0 aliphatic heterocycles. The van der Waals surface area contributed by atoms with Gasteiger partial charge < -0.3 is 4.57 Å². The highest BCUT2D eigenvalue weighted by Crippen LogP contribution is 2.27. The van der Waals surface area contributed by atoms with E-state index in [1.807, 2.05) is 11.6 Å². The SMILES string of the molecule is CN(C(=O)CC1CCCCC1)[Si](C)(C)C. The minimum Gasteiger partial charge on any atom is -0.373 e. The van der Waals surface area contributed by atoms with Crippen LogP contribution in [0.1, 0.15) is 38.5 Å². The molecule has 0 aromatic heterocycles. The van der Waals surface area contributed by atoms with Gasteiger partial charge in [-0.05, 0) is 18.8 Å². The molecule has 0 radical (unpaired) electrons. The molecule has 2 nitrogen and oxygen atoms in total. The molecule has 1 amide bonds. The van der Waals surface area contributed by atoms with Crippen molar-refractivity contribution in [1.82, 2.24) is 4.57 Å². The standard InChI is InChI=1S/C12H25NOSi/c1-13(15(2,3)4)12(14)10-11-8-6-5-7-9-11/h11H,5-10H2,1-4H3. The van der Waals surface area contributed by atoms with Crippen molar-refractivity contribution in [3.63, 3.8) is 0 Å². The smallest absolute Gasteiger partial charge is 0.214 e. The lowest BCUT2D eigenvalue weighted by atomic mass is 9.87. The Hall–Kier alpha value is -0.313. The van der Waals surface area contributed by atoms with Crippen LogP contribution >= 0.6 is 0 Å². The van der Waals surface area contributed by atoms with Crippen LogP contribution in [0.15, 0.2) is 0 Å². The van der Waals surface area contributed by atoms with Crippen molar-refractivity contribution in [2.24, 2.45) is 5.92 Å². The van der Waals surface area contributed by atoms with E-state index in [0.29, 0.717) is 11.8 Å². The van der Waals surface area contributed by atoms with E-state index < -0.39 is 8.24 Å². The van der Waals surface area contributed by atoms with Crippen LogP contribution in [-0.2, 0) is 4.79 Å². The summed E-state index contributed by atoms with van der Waals surface area (Å²) < 4.78 is 2.03. The summed E-state index contributed by atoms with van der Waals surface area (Å²) in [6.07, 6.45) is 7.36. The van der Waals surface area contributed by atoms with Crippen LogP contribution in [0.25, 0.3) is 0 Å². The van der Waals surface area contributed by atoms with E-state index in [2.05, 4.69) is 19.6 Å². The first-order valence-corrected chi connectivity index (χ1v) is 9.62. The van der Waals surface area contributed by atoms with Gasteiger partial charge in [0, 0.05) is 13.5 Å². The van der Waals surface area contributed by atoms with Crippen LogP contribution in [0.2, 0.25) is 19.6 Å². The van der Waals surface area contributed by atoms with Crippen molar-refractivity contribution in [3.8, 4) is 0 Å². The zero-order chi connectivity index (χ0) is 11.5. The average molecular weight is 227 g/mol. The Balaban J connectivity index is 2.40. The molecule has 1 fully saturated rings. The zero-order valence-electron chi connectivity index (χ0n) is 10.7. The van der Waals surface area contributed by atoms with E-state index in [0.717, 1.165) is 6.42 Å². The number of rotatable bonds is 3. The number of amides is 1. The molecule has 3 heteroatoms. The Morgan fingerprint density at radius 1 is 1.20 bits per heavy atom. The molecule has 0 aromatic rings. The van der Waals surface area contributed by atoms with Crippen LogP contribution < -0.4 is 0 Å². The summed E-state index contributed by atoms with van der Waals surface area (Å²) in [6.45, 7) is 6.68. The maximum atomic E-state index is 12.0. The second-order valence-electron chi connectivity index (χ2n) is 5.83. The highest BCUT2D eigenvalue weighted by Gasteiger charge is 2.26. The molecule has 1 aliphatic carbocycles. The van der Waals surface area contributed by atoms with E-state index >= 15 is 0 Å². The lowest BCUT2D eigenvalue weighted by molar-refractivity contribution is -0.127. The first-order valence-electron chi connectivity index (χ1n) is 6.18. The summed E-state index contributed by atoms with van der Waals surface area (Å²) in [5.41, 5.74) is 0. The fourth-order valence-electron chi connectivity index (χ4n) is 2.15. The molecule has 0 atom stereocenters. The van der Waals surface area contributed by atoms with Gasteiger partial charge in [-0.2, -0.15) is 0 Å². The minimum atomic E-state index is -1.42. The van der Waals surface area contributed by atoms with E-state index in [1.165, 1.54) is 32.1 Å². The average Bonchev–Trinajstić information content (AvgIpc) is 2.16. The molecule has 1 aliphatic rings. The summed E-state index contributed by atoms with van der Waals surface area (Å²) in [5.74, 6) is 1.05. The van der Waals surface area contributed by atoms with Gasteiger partial charge >= 0.3 is 0 Å². The number of hydrogen-bond acceptors (Lipinski definition) is 1. The molecule has 0 spiro atoms. The molecule has 88 valence electrons. The molecule has 1 rings (SSSR count). The third-order valence-electron chi connectivity index (χ3n) is 3.57. The van der Waals surface area contributed by atoms with Gasteiger partial charge in [0.2, 0.25) is 5.91 Å². The monoisotopic (exact) mass is 227 g/mol. The molecule has 0 bridgehead atoms. The Labute approximate surface area is 95.1 Å². The second kappa shape index (κ2) is 5.15. The highest BCUT2D eigenvalue weighted by atomic mass is 28.3. The van der Waals surface area contributed by atoms with Gasteiger partial charge in [-0.1, -0.05) is 38.9 Å². The molecule has 0 heterocycles. The summed E-state index contributed by atoms with van der Waals surface area (Å²) in [5, 5.41) is 0. The third-order valence-corrected chi connectivity index (χ3v) is 5.83. The number of carbonyl (C=O) groups is 1.